The first-order chi connectivity index (χ1) is 11.5. The highest BCUT2D eigenvalue weighted by molar-refractivity contribution is 7.22. The monoisotopic (exact) mass is 346 g/mol. The number of aromatic nitrogens is 1. The van der Waals surface area contributed by atoms with Crippen molar-refractivity contribution in [1.82, 2.24) is 4.98 Å². The second-order valence-electron chi connectivity index (χ2n) is 5.11. The molecule has 1 heterocycles. The van der Waals surface area contributed by atoms with Gasteiger partial charge in [0.05, 0.1) is 10.2 Å². The number of rotatable bonds is 5. The summed E-state index contributed by atoms with van der Waals surface area (Å²) >= 11 is 1.16. The molecule has 0 fully saturated rings. The maximum Gasteiger partial charge on any atom is 0.226 e. The lowest BCUT2D eigenvalue weighted by molar-refractivity contribution is -0.116. The Labute approximate surface area is 140 Å². The minimum atomic E-state index is -0.420. The van der Waals surface area contributed by atoms with Crippen LogP contribution in [0.4, 0.5) is 13.9 Å². The van der Waals surface area contributed by atoms with E-state index in [0.717, 1.165) is 11.3 Å². The number of anilines is 1. The molecule has 3 aromatic rings. The molecule has 0 unspecified atom stereocenters. The molecule has 0 spiro atoms. The van der Waals surface area contributed by atoms with Crippen LogP contribution in [0.3, 0.4) is 0 Å². The smallest absolute Gasteiger partial charge is 0.226 e. The molecule has 0 saturated carbocycles. The first kappa shape index (κ1) is 16.2. The van der Waals surface area contributed by atoms with Crippen molar-refractivity contribution in [3.63, 3.8) is 0 Å². The van der Waals surface area contributed by atoms with E-state index in [9.17, 15) is 18.4 Å². The first-order valence-electron chi connectivity index (χ1n) is 7.16. The van der Waals surface area contributed by atoms with Gasteiger partial charge in [0.15, 0.2) is 10.9 Å². The van der Waals surface area contributed by atoms with Gasteiger partial charge in [-0.15, -0.1) is 0 Å². The summed E-state index contributed by atoms with van der Waals surface area (Å²) in [4.78, 5) is 28.0. The van der Waals surface area contributed by atoms with E-state index in [-0.39, 0.29) is 30.3 Å². The largest absolute Gasteiger partial charge is 0.302 e. The van der Waals surface area contributed by atoms with Crippen LogP contribution in [0, 0.1) is 11.6 Å². The Hall–Kier alpha value is -2.67. The third-order valence-electron chi connectivity index (χ3n) is 3.34. The fraction of sp³-hybridized carbons (Fsp3) is 0.118. The summed E-state index contributed by atoms with van der Waals surface area (Å²) in [6, 6.07) is 9.36. The van der Waals surface area contributed by atoms with E-state index >= 15 is 0 Å². The Balaban J connectivity index is 1.58. The Bertz CT molecular complexity index is 907. The summed E-state index contributed by atoms with van der Waals surface area (Å²) in [7, 11) is 0. The molecule has 0 bridgehead atoms. The number of amides is 1. The van der Waals surface area contributed by atoms with Crippen molar-refractivity contribution in [3.8, 4) is 0 Å². The molecule has 1 amide bonds. The predicted octanol–water partition coefficient (Wildman–Crippen LogP) is 4.18. The Morgan fingerprint density at radius 1 is 1.00 bits per heavy atom. The lowest BCUT2D eigenvalue weighted by Gasteiger charge is -2.02. The van der Waals surface area contributed by atoms with Crippen molar-refractivity contribution in [1.29, 1.82) is 0 Å². The Morgan fingerprint density at radius 3 is 2.46 bits per heavy atom. The minimum absolute atomic E-state index is 0.0109. The molecule has 0 saturated heterocycles. The highest BCUT2D eigenvalue weighted by Crippen LogP contribution is 2.26. The van der Waals surface area contributed by atoms with Gasteiger partial charge in [0.2, 0.25) is 5.91 Å². The second kappa shape index (κ2) is 6.84. The van der Waals surface area contributed by atoms with Gasteiger partial charge in [-0.2, -0.15) is 0 Å². The molecule has 1 aromatic heterocycles. The van der Waals surface area contributed by atoms with Gasteiger partial charge >= 0.3 is 0 Å². The first-order valence-corrected chi connectivity index (χ1v) is 7.97. The van der Waals surface area contributed by atoms with Crippen LogP contribution in [0.5, 0.6) is 0 Å². The van der Waals surface area contributed by atoms with Gasteiger partial charge in [-0.25, -0.2) is 13.8 Å². The van der Waals surface area contributed by atoms with E-state index in [4.69, 9.17) is 0 Å². The van der Waals surface area contributed by atoms with Crippen molar-refractivity contribution in [3.05, 3.63) is 59.7 Å². The normalized spacial score (nSPS) is 10.8. The van der Waals surface area contributed by atoms with Crippen molar-refractivity contribution >= 4 is 38.4 Å². The van der Waals surface area contributed by atoms with Gasteiger partial charge in [0, 0.05) is 18.4 Å². The van der Waals surface area contributed by atoms with Gasteiger partial charge in [-0.05, 0) is 42.5 Å². The lowest BCUT2D eigenvalue weighted by atomic mass is 10.1. The van der Waals surface area contributed by atoms with Crippen molar-refractivity contribution in [2.24, 2.45) is 0 Å². The maximum atomic E-state index is 13.1. The Morgan fingerprint density at radius 2 is 1.71 bits per heavy atom. The minimum Gasteiger partial charge on any atom is -0.302 e. The maximum absolute atomic E-state index is 13.1. The summed E-state index contributed by atoms with van der Waals surface area (Å²) in [6.45, 7) is 0. The van der Waals surface area contributed by atoms with E-state index in [1.54, 1.807) is 0 Å². The number of fused-ring (bicyclic) bond motifs is 1. The van der Waals surface area contributed by atoms with Crippen LogP contribution in [0.1, 0.15) is 23.2 Å². The number of hydrogen-bond donors (Lipinski definition) is 1. The van der Waals surface area contributed by atoms with Crippen LogP contribution in [0.15, 0.2) is 42.5 Å². The molecular weight excluding hydrogens is 334 g/mol. The van der Waals surface area contributed by atoms with Gasteiger partial charge in [0.25, 0.3) is 0 Å². The summed E-state index contributed by atoms with van der Waals surface area (Å²) in [6.07, 6.45) is -0.00249. The molecule has 0 aliphatic heterocycles. The molecular formula is C17H12F2N2O2S. The third kappa shape index (κ3) is 3.80. The topological polar surface area (TPSA) is 59.1 Å². The van der Waals surface area contributed by atoms with E-state index in [0.29, 0.717) is 20.9 Å². The molecule has 1 N–H and O–H groups in total. The van der Waals surface area contributed by atoms with E-state index in [1.807, 2.05) is 0 Å². The van der Waals surface area contributed by atoms with Gasteiger partial charge in [-0.3, -0.25) is 9.59 Å². The number of carbonyl (C=O) groups excluding carboxylic acids is 2. The van der Waals surface area contributed by atoms with Crippen molar-refractivity contribution < 1.29 is 18.4 Å². The number of nitrogens with zero attached hydrogens (tertiary/aromatic N) is 1. The second-order valence-corrected chi connectivity index (χ2v) is 6.14. The summed E-state index contributed by atoms with van der Waals surface area (Å²) in [5.74, 6) is -1.38. The van der Waals surface area contributed by atoms with Crippen LogP contribution in [0.2, 0.25) is 0 Å². The zero-order valence-electron chi connectivity index (χ0n) is 12.4. The summed E-state index contributed by atoms with van der Waals surface area (Å²) in [5, 5.41) is 2.96. The number of thiazole rings is 1. The van der Waals surface area contributed by atoms with Crippen LogP contribution in [0.25, 0.3) is 10.2 Å². The zero-order valence-corrected chi connectivity index (χ0v) is 13.2. The van der Waals surface area contributed by atoms with Gasteiger partial charge in [0.1, 0.15) is 11.6 Å². The zero-order chi connectivity index (χ0) is 17.1. The molecule has 0 atom stereocenters. The number of Topliss-reactive ketones (excluding diaryl/α,β-unsaturated/α-hetero) is 1. The lowest BCUT2D eigenvalue weighted by Crippen LogP contribution is -2.13. The molecule has 7 heteroatoms. The van der Waals surface area contributed by atoms with E-state index in [1.165, 1.54) is 42.5 Å². The fourth-order valence-electron chi connectivity index (χ4n) is 2.14. The summed E-state index contributed by atoms with van der Waals surface area (Å²) < 4.78 is 26.6. The van der Waals surface area contributed by atoms with Gasteiger partial charge < -0.3 is 5.32 Å². The van der Waals surface area contributed by atoms with Crippen LogP contribution < -0.4 is 5.32 Å². The third-order valence-corrected chi connectivity index (χ3v) is 4.28. The summed E-state index contributed by atoms with van der Waals surface area (Å²) in [5.41, 5.74) is 0.957. The molecule has 122 valence electrons. The van der Waals surface area contributed by atoms with Crippen molar-refractivity contribution in [2.45, 2.75) is 12.8 Å². The average Bonchev–Trinajstić information content (AvgIpc) is 2.94. The molecule has 3 rings (SSSR count). The predicted molar refractivity (Wildman–Crippen MR) is 88.2 cm³/mol. The molecule has 0 radical (unpaired) electrons. The highest BCUT2D eigenvalue weighted by atomic mass is 32.1. The number of hydrogen-bond acceptors (Lipinski definition) is 4. The molecule has 2 aromatic carbocycles. The van der Waals surface area contributed by atoms with Crippen LogP contribution in [-0.2, 0) is 4.79 Å². The quantitative estimate of drug-likeness (QED) is 0.705. The van der Waals surface area contributed by atoms with Gasteiger partial charge in [-0.1, -0.05) is 11.3 Å². The number of carbonyl (C=O) groups is 2. The fourth-order valence-corrected chi connectivity index (χ4v) is 3.05. The Kier molecular flexibility index (Phi) is 4.61. The van der Waals surface area contributed by atoms with Crippen LogP contribution in [-0.4, -0.2) is 16.7 Å². The number of benzene rings is 2. The average molecular weight is 346 g/mol. The van der Waals surface area contributed by atoms with E-state index in [2.05, 4.69) is 10.3 Å². The standard InChI is InChI=1S/C17H12F2N2O2S/c18-11-3-1-10(2-4-11)14(22)7-8-16(23)21-17-20-13-6-5-12(19)9-15(13)24-17/h1-6,9H,7-8H2,(H,20,21,23). The van der Waals surface area contributed by atoms with E-state index < -0.39 is 5.82 Å². The van der Waals surface area contributed by atoms with Crippen LogP contribution >= 0.6 is 11.3 Å². The highest BCUT2D eigenvalue weighted by Gasteiger charge is 2.12. The molecule has 24 heavy (non-hydrogen) atoms. The molecule has 4 nitrogen and oxygen atoms in total. The molecule has 0 aliphatic carbocycles. The number of nitrogens with one attached hydrogen (secondary N) is 1. The number of ketones is 1. The SMILES string of the molecule is O=C(CCC(=O)c1ccc(F)cc1)Nc1nc2ccc(F)cc2s1. The van der Waals surface area contributed by atoms with Crippen molar-refractivity contribution in [2.75, 3.05) is 5.32 Å². The number of halogens is 2. The molecule has 0 aliphatic rings.